The van der Waals surface area contributed by atoms with E-state index in [4.69, 9.17) is 0 Å². The Balaban J connectivity index is 2.03. The molecule has 2 unspecified atom stereocenters. The normalized spacial score (nSPS) is 25.6. The SMILES string of the molecule is Cc1cc(F)ccc1CC1CCCCC(Br)C1. The molecule has 0 spiro atoms. The minimum atomic E-state index is -0.120. The molecule has 2 rings (SSSR count). The maximum atomic E-state index is 13.0. The van der Waals surface area contributed by atoms with E-state index in [2.05, 4.69) is 15.9 Å². The zero-order valence-electron chi connectivity index (χ0n) is 10.4. The molecule has 1 aliphatic rings. The molecule has 0 nitrogen and oxygen atoms in total. The topological polar surface area (TPSA) is 0 Å². The quantitative estimate of drug-likeness (QED) is 0.531. The largest absolute Gasteiger partial charge is 0.207 e. The van der Waals surface area contributed by atoms with Crippen molar-refractivity contribution in [3.05, 3.63) is 35.1 Å². The molecule has 1 aromatic carbocycles. The maximum Gasteiger partial charge on any atom is 0.123 e. The highest BCUT2D eigenvalue weighted by Crippen LogP contribution is 2.30. The molecule has 1 saturated carbocycles. The fourth-order valence-corrected chi connectivity index (χ4v) is 3.63. The van der Waals surface area contributed by atoms with Crippen LogP contribution in [0, 0.1) is 18.7 Å². The van der Waals surface area contributed by atoms with Crippen molar-refractivity contribution in [2.45, 2.75) is 50.3 Å². The molecule has 94 valence electrons. The van der Waals surface area contributed by atoms with E-state index in [0.717, 1.165) is 17.9 Å². The van der Waals surface area contributed by atoms with Crippen LogP contribution in [0.15, 0.2) is 18.2 Å². The Bertz CT molecular complexity index is 375. The van der Waals surface area contributed by atoms with Gasteiger partial charge in [-0.1, -0.05) is 41.3 Å². The molecule has 17 heavy (non-hydrogen) atoms. The van der Waals surface area contributed by atoms with E-state index in [1.54, 1.807) is 12.1 Å². The highest BCUT2D eigenvalue weighted by atomic mass is 79.9. The Hall–Kier alpha value is -0.370. The second-order valence-electron chi connectivity index (χ2n) is 5.26. The summed E-state index contributed by atoms with van der Waals surface area (Å²) in [4.78, 5) is 0.677. The van der Waals surface area contributed by atoms with Crippen molar-refractivity contribution in [2.75, 3.05) is 0 Å². The van der Waals surface area contributed by atoms with Gasteiger partial charge in [0.05, 0.1) is 0 Å². The number of alkyl halides is 1. The van der Waals surface area contributed by atoms with Crippen molar-refractivity contribution < 1.29 is 4.39 Å². The van der Waals surface area contributed by atoms with E-state index in [1.807, 2.05) is 13.0 Å². The van der Waals surface area contributed by atoms with Gasteiger partial charge in [-0.3, -0.25) is 0 Å². The molecule has 2 atom stereocenters. The molecule has 0 N–H and O–H groups in total. The van der Waals surface area contributed by atoms with E-state index in [-0.39, 0.29) is 5.82 Å². The molecule has 1 aromatic rings. The minimum Gasteiger partial charge on any atom is -0.207 e. The highest BCUT2D eigenvalue weighted by Gasteiger charge is 2.19. The van der Waals surface area contributed by atoms with Gasteiger partial charge >= 0.3 is 0 Å². The first kappa shape index (κ1) is 13.1. The highest BCUT2D eigenvalue weighted by molar-refractivity contribution is 9.09. The number of hydrogen-bond donors (Lipinski definition) is 0. The Labute approximate surface area is 112 Å². The number of halogens is 2. The Morgan fingerprint density at radius 3 is 2.82 bits per heavy atom. The third kappa shape index (κ3) is 3.80. The summed E-state index contributed by atoms with van der Waals surface area (Å²) in [6, 6.07) is 5.20. The lowest BCUT2D eigenvalue weighted by molar-refractivity contribution is 0.462. The van der Waals surface area contributed by atoms with Crippen molar-refractivity contribution in [3.63, 3.8) is 0 Å². The molecule has 0 saturated heterocycles. The van der Waals surface area contributed by atoms with Crippen LogP contribution in [0.5, 0.6) is 0 Å². The zero-order valence-corrected chi connectivity index (χ0v) is 12.0. The van der Waals surface area contributed by atoms with Crippen LogP contribution in [0.4, 0.5) is 4.39 Å². The standard InChI is InChI=1S/C15H20BrF/c1-11-8-15(17)7-6-13(11)9-12-4-2-3-5-14(16)10-12/h6-8,12,14H,2-5,9-10H2,1H3. The molecule has 0 radical (unpaired) electrons. The molecule has 0 bridgehead atoms. The van der Waals surface area contributed by atoms with Gasteiger partial charge in [0.2, 0.25) is 0 Å². The van der Waals surface area contributed by atoms with Gasteiger partial charge in [0.15, 0.2) is 0 Å². The van der Waals surface area contributed by atoms with Gasteiger partial charge in [-0.2, -0.15) is 0 Å². The van der Waals surface area contributed by atoms with Gasteiger partial charge in [-0.15, -0.1) is 0 Å². The second kappa shape index (κ2) is 5.99. The van der Waals surface area contributed by atoms with E-state index in [0.29, 0.717) is 4.83 Å². The van der Waals surface area contributed by atoms with Crippen LogP contribution in [0.3, 0.4) is 0 Å². The van der Waals surface area contributed by atoms with Crippen LogP contribution in [-0.4, -0.2) is 4.83 Å². The molecule has 0 aromatic heterocycles. The van der Waals surface area contributed by atoms with Crippen molar-refractivity contribution in [3.8, 4) is 0 Å². The summed E-state index contributed by atoms with van der Waals surface area (Å²) in [5.74, 6) is 0.636. The average molecular weight is 299 g/mol. The molecule has 0 aliphatic heterocycles. The van der Waals surface area contributed by atoms with Crippen LogP contribution in [0.1, 0.15) is 43.2 Å². The molecule has 2 heteroatoms. The Morgan fingerprint density at radius 1 is 1.29 bits per heavy atom. The average Bonchev–Trinajstić information content (AvgIpc) is 2.47. The monoisotopic (exact) mass is 298 g/mol. The van der Waals surface area contributed by atoms with Crippen LogP contribution in [0.2, 0.25) is 0 Å². The number of rotatable bonds is 2. The lowest BCUT2D eigenvalue weighted by atomic mass is 9.90. The van der Waals surface area contributed by atoms with Gasteiger partial charge < -0.3 is 0 Å². The molecular formula is C15H20BrF. The Morgan fingerprint density at radius 2 is 2.06 bits per heavy atom. The second-order valence-corrected chi connectivity index (χ2v) is 6.55. The van der Waals surface area contributed by atoms with Crippen LogP contribution in [0.25, 0.3) is 0 Å². The van der Waals surface area contributed by atoms with Crippen LogP contribution in [-0.2, 0) is 6.42 Å². The summed E-state index contributed by atoms with van der Waals surface area (Å²) >= 11 is 3.76. The smallest absolute Gasteiger partial charge is 0.123 e. The number of hydrogen-bond acceptors (Lipinski definition) is 0. The summed E-state index contributed by atoms with van der Waals surface area (Å²) in [5.41, 5.74) is 2.42. The molecular weight excluding hydrogens is 279 g/mol. The van der Waals surface area contributed by atoms with Crippen molar-refractivity contribution >= 4 is 15.9 Å². The maximum absolute atomic E-state index is 13.0. The lowest BCUT2D eigenvalue weighted by Crippen LogP contribution is -2.09. The summed E-state index contributed by atoms with van der Waals surface area (Å²) in [6.07, 6.45) is 7.67. The van der Waals surface area contributed by atoms with Crippen molar-refractivity contribution in [1.82, 2.24) is 0 Å². The van der Waals surface area contributed by atoms with Gasteiger partial charge in [0, 0.05) is 4.83 Å². The zero-order chi connectivity index (χ0) is 12.3. The van der Waals surface area contributed by atoms with E-state index in [9.17, 15) is 4.39 Å². The van der Waals surface area contributed by atoms with E-state index in [1.165, 1.54) is 37.7 Å². The fourth-order valence-electron chi connectivity index (χ4n) is 2.78. The first-order valence-corrected chi connectivity index (χ1v) is 7.46. The van der Waals surface area contributed by atoms with E-state index >= 15 is 0 Å². The molecule has 0 heterocycles. The third-order valence-corrected chi connectivity index (χ3v) is 4.61. The van der Waals surface area contributed by atoms with Crippen molar-refractivity contribution in [1.29, 1.82) is 0 Å². The van der Waals surface area contributed by atoms with Gasteiger partial charge in [0.25, 0.3) is 0 Å². The van der Waals surface area contributed by atoms with Crippen LogP contribution < -0.4 is 0 Å². The predicted molar refractivity (Wildman–Crippen MR) is 74.1 cm³/mol. The van der Waals surface area contributed by atoms with Gasteiger partial charge in [0.1, 0.15) is 5.82 Å². The molecule has 1 aliphatic carbocycles. The third-order valence-electron chi connectivity index (χ3n) is 3.78. The van der Waals surface area contributed by atoms with E-state index < -0.39 is 0 Å². The summed E-state index contributed by atoms with van der Waals surface area (Å²) in [5, 5.41) is 0. The number of aryl methyl sites for hydroxylation is 1. The molecule has 1 fully saturated rings. The predicted octanol–water partition coefficient (Wildman–Crippen LogP) is 5.02. The first-order valence-electron chi connectivity index (χ1n) is 6.54. The Kier molecular flexibility index (Phi) is 4.61. The fraction of sp³-hybridized carbons (Fsp3) is 0.600. The van der Waals surface area contributed by atoms with Crippen molar-refractivity contribution in [2.24, 2.45) is 5.92 Å². The van der Waals surface area contributed by atoms with Gasteiger partial charge in [-0.25, -0.2) is 4.39 Å². The van der Waals surface area contributed by atoms with Crippen LogP contribution >= 0.6 is 15.9 Å². The summed E-state index contributed by atoms with van der Waals surface area (Å²) < 4.78 is 13.0. The summed E-state index contributed by atoms with van der Waals surface area (Å²) in [7, 11) is 0. The minimum absolute atomic E-state index is 0.120. The first-order chi connectivity index (χ1) is 8.15. The number of benzene rings is 1. The lowest BCUT2D eigenvalue weighted by Gasteiger charge is -2.17. The van der Waals surface area contributed by atoms with Gasteiger partial charge in [-0.05, 0) is 55.4 Å². The molecule has 0 amide bonds. The summed E-state index contributed by atoms with van der Waals surface area (Å²) in [6.45, 7) is 2.01.